The highest BCUT2D eigenvalue weighted by Gasteiger charge is 2.22. The van der Waals surface area contributed by atoms with Crippen molar-refractivity contribution in [3.8, 4) is 5.69 Å². The second-order valence-corrected chi connectivity index (χ2v) is 6.34. The summed E-state index contributed by atoms with van der Waals surface area (Å²) < 4.78 is 6.23. The van der Waals surface area contributed by atoms with Crippen LogP contribution in [0.5, 0.6) is 0 Å². The number of esters is 1. The SMILES string of the molecule is C/C=C\C(=O)Nc1scc2c(C(=O)OCC)nn(-c3ccccc3)c(=O)c12. The summed E-state index contributed by atoms with van der Waals surface area (Å²) in [5.74, 6) is -0.988. The molecule has 0 radical (unpaired) electrons. The predicted octanol–water partition coefficient (Wildman–Crippen LogP) is 3.14. The number of aromatic nitrogens is 2. The Labute approximate surface area is 158 Å². The fourth-order valence-electron chi connectivity index (χ4n) is 2.54. The van der Waals surface area contributed by atoms with Crippen LogP contribution in [-0.2, 0) is 9.53 Å². The fraction of sp³-hybridized carbons (Fsp3) is 0.158. The molecule has 3 aromatic rings. The van der Waals surface area contributed by atoms with Gasteiger partial charge in [0.25, 0.3) is 5.56 Å². The van der Waals surface area contributed by atoms with E-state index in [1.807, 2.05) is 6.07 Å². The molecule has 27 heavy (non-hydrogen) atoms. The van der Waals surface area contributed by atoms with Gasteiger partial charge in [0, 0.05) is 10.8 Å². The fourth-order valence-corrected chi connectivity index (χ4v) is 3.48. The van der Waals surface area contributed by atoms with Crippen LogP contribution in [-0.4, -0.2) is 28.3 Å². The Bertz CT molecular complexity index is 1080. The Morgan fingerprint density at radius 2 is 2.04 bits per heavy atom. The summed E-state index contributed by atoms with van der Waals surface area (Å²) in [7, 11) is 0. The maximum atomic E-state index is 13.1. The van der Waals surface area contributed by atoms with Gasteiger partial charge in [0.05, 0.1) is 17.7 Å². The van der Waals surface area contributed by atoms with Crippen LogP contribution in [0.1, 0.15) is 24.3 Å². The van der Waals surface area contributed by atoms with Crippen molar-refractivity contribution in [2.24, 2.45) is 0 Å². The monoisotopic (exact) mass is 383 g/mol. The second kappa shape index (κ2) is 7.96. The molecule has 2 aromatic heterocycles. The molecule has 0 aliphatic heterocycles. The highest BCUT2D eigenvalue weighted by Crippen LogP contribution is 2.30. The minimum Gasteiger partial charge on any atom is -0.461 e. The first kappa shape index (κ1) is 18.5. The van der Waals surface area contributed by atoms with E-state index in [9.17, 15) is 14.4 Å². The number of nitrogens with one attached hydrogen (secondary N) is 1. The lowest BCUT2D eigenvalue weighted by molar-refractivity contribution is -0.111. The first-order valence-electron chi connectivity index (χ1n) is 8.27. The standard InChI is InChI=1S/C19H17N3O4S/c1-3-8-14(23)20-17-15-13(11-27-17)16(19(25)26-4-2)21-22(18(15)24)12-9-6-5-7-10-12/h3,5-11H,4H2,1-2H3,(H,20,23)/b8-3-. The highest BCUT2D eigenvalue weighted by molar-refractivity contribution is 7.16. The number of nitrogens with zero attached hydrogens (tertiary/aromatic N) is 2. The molecule has 0 saturated carbocycles. The zero-order chi connectivity index (χ0) is 19.4. The first-order valence-corrected chi connectivity index (χ1v) is 9.15. The lowest BCUT2D eigenvalue weighted by Crippen LogP contribution is -2.25. The number of fused-ring (bicyclic) bond motifs is 1. The van der Waals surface area contributed by atoms with E-state index < -0.39 is 11.5 Å². The number of allylic oxidation sites excluding steroid dienone is 1. The van der Waals surface area contributed by atoms with Crippen LogP contribution in [0, 0.1) is 0 Å². The van der Waals surface area contributed by atoms with Crippen molar-refractivity contribution in [1.29, 1.82) is 0 Å². The molecule has 2 heterocycles. The number of hydrogen-bond acceptors (Lipinski definition) is 6. The number of amides is 1. The molecule has 1 amide bonds. The van der Waals surface area contributed by atoms with Crippen molar-refractivity contribution >= 4 is 39.0 Å². The molecule has 8 heteroatoms. The van der Waals surface area contributed by atoms with Gasteiger partial charge in [-0.2, -0.15) is 9.78 Å². The number of benzene rings is 1. The van der Waals surface area contributed by atoms with Crippen LogP contribution >= 0.6 is 11.3 Å². The Hall–Kier alpha value is -3.26. The zero-order valence-corrected chi connectivity index (χ0v) is 15.6. The average Bonchev–Trinajstić information content (AvgIpc) is 3.07. The third kappa shape index (κ3) is 3.65. The molecule has 0 aliphatic carbocycles. The van der Waals surface area contributed by atoms with Gasteiger partial charge in [-0.05, 0) is 32.1 Å². The summed E-state index contributed by atoms with van der Waals surface area (Å²) in [5, 5.41) is 9.46. The molecule has 7 nitrogen and oxygen atoms in total. The van der Waals surface area contributed by atoms with Crippen molar-refractivity contribution in [2.45, 2.75) is 13.8 Å². The van der Waals surface area contributed by atoms with E-state index in [0.717, 1.165) is 16.0 Å². The molecule has 1 aromatic carbocycles. The number of thiophene rings is 1. The quantitative estimate of drug-likeness (QED) is 0.540. The minimum atomic E-state index is -0.628. The van der Waals surface area contributed by atoms with Gasteiger partial charge in [-0.1, -0.05) is 24.3 Å². The lowest BCUT2D eigenvalue weighted by atomic mass is 10.2. The van der Waals surface area contributed by atoms with E-state index in [4.69, 9.17) is 4.74 Å². The second-order valence-electron chi connectivity index (χ2n) is 5.46. The van der Waals surface area contributed by atoms with E-state index in [1.54, 1.807) is 49.6 Å². The Kier molecular flexibility index (Phi) is 5.46. The van der Waals surface area contributed by atoms with Crippen LogP contribution in [0.4, 0.5) is 5.00 Å². The van der Waals surface area contributed by atoms with E-state index in [1.165, 1.54) is 6.08 Å². The number of ether oxygens (including phenoxy) is 1. The number of anilines is 1. The van der Waals surface area contributed by atoms with Gasteiger partial charge in [-0.15, -0.1) is 11.3 Å². The summed E-state index contributed by atoms with van der Waals surface area (Å²) in [5.41, 5.74) is 0.103. The van der Waals surface area contributed by atoms with Crippen molar-refractivity contribution in [3.63, 3.8) is 0 Å². The molecule has 0 atom stereocenters. The number of carbonyl (C=O) groups excluding carboxylic acids is 2. The van der Waals surface area contributed by atoms with E-state index in [0.29, 0.717) is 16.1 Å². The van der Waals surface area contributed by atoms with Gasteiger partial charge in [0.2, 0.25) is 5.91 Å². The molecule has 0 bridgehead atoms. The maximum Gasteiger partial charge on any atom is 0.359 e. The van der Waals surface area contributed by atoms with Gasteiger partial charge in [0.1, 0.15) is 5.00 Å². The van der Waals surface area contributed by atoms with E-state index in [2.05, 4.69) is 10.4 Å². The Morgan fingerprint density at radius 3 is 2.70 bits per heavy atom. The van der Waals surface area contributed by atoms with E-state index >= 15 is 0 Å². The Balaban J connectivity index is 2.27. The van der Waals surface area contributed by atoms with Crippen LogP contribution in [0.2, 0.25) is 0 Å². The lowest BCUT2D eigenvalue weighted by Gasteiger charge is -2.09. The molecule has 138 valence electrons. The highest BCUT2D eigenvalue weighted by atomic mass is 32.1. The largest absolute Gasteiger partial charge is 0.461 e. The van der Waals surface area contributed by atoms with E-state index in [-0.39, 0.29) is 23.6 Å². The van der Waals surface area contributed by atoms with Crippen LogP contribution in [0.15, 0.2) is 52.7 Å². The molecular formula is C19H17N3O4S. The Morgan fingerprint density at radius 1 is 1.30 bits per heavy atom. The number of hydrogen-bond donors (Lipinski definition) is 1. The predicted molar refractivity (Wildman–Crippen MR) is 105 cm³/mol. The van der Waals surface area contributed by atoms with Crippen LogP contribution in [0.3, 0.4) is 0 Å². The summed E-state index contributed by atoms with van der Waals surface area (Å²) in [6.07, 6.45) is 2.95. The normalized spacial score (nSPS) is 11.0. The van der Waals surface area contributed by atoms with Crippen molar-refractivity contribution in [1.82, 2.24) is 9.78 Å². The number of rotatable bonds is 5. The summed E-state index contributed by atoms with van der Waals surface area (Å²) in [6.45, 7) is 3.59. The molecular weight excluding hydrogens is 366 g/mol. The summed E-state index contributed by atoms with van der Waals surface area (Å²) in [4.78, 5) is 37.4. The summed E-state index contributed by atoms with van der Waals surface area (Å²) >= 11 is 1.16. The molecule has 0 fully saturated rings. The van der Waals surface area contributed by atoms with Gasteiger partial charge in [-0.3, -0.25) is 9.59 Å². The third-order valence-corrected chi connectivity index (χ3v) is 4.57. The topological polar surface area (TPSA) is 90.3 Å². The molecule has 3 rings (SSSR count). The zero-order valence-electron chi connectivity index (χ0n) is 14.8. The molecule has 0 aliphatic rings. The van der Waals surface area contributed by atoms with Crippen LogP contribution in [0.25, 0.3) is 16.5 Å². The molecule has 0 unspecified atom stereocenters. The van der Waals surface area contributed by atoms with Crippen molar-refractivity contribution in [2.75, 3.05) is 11.9 Å². The smallest absolute Gasteiger partial charge is 0.359 e. The minimum absolute atomic E-state index is 0.0260. The van der Waals surface area contributed by atoms with Crippen molar-refractivity contribution < 1.29 is 14.3 Å². The third-order valence-electron chi connectivity index (χ3n) is 3.68. The van der Waals surface area contributed by atoms with Gasteiger partial charge in [0.15, 0.2) is 5.69 Å². The van der Waals surface area contributed by atoms with Crippen molar-refractivity contribution in [3.05, 3.63) is 63.9 Å². The first-order chi connectivity index (χ1) is 13.1. The number of para-hydroxylation sites is 1. The molecule has 0 spiro atoms. The van der Waals surface area contributed by atoms with Gasteiger partial charge < -0.3 is 10.1 Å². The number of carbonyl (C=O) groups is 2. The average molecular weight is 383 g/mol. The van der Waals surface area contributed by atoms with Crippen LogP contribution < -0.4 is 10.9 Å². The molecule has 0 saturated heterocycles. The van der Waals surface area contributed by atoms with Gasteiger partial charge >= 0.3 is 5.97 Å². The van der Waals surface area contributed by atoms with Gasteiger partial charge in [-0.25, -0.2) is 4.79 Å². The molecule has 1 N–H and O–H groups in total. The summed E-state index contributed by atoms with van der Waals surface area (Å²) in [6, 6.07) is 8.76. The maximum absolute atomic E-state index is 13.1.